The minimum Gasteiger partial charge on any atom is -0.471 e. The fourth-order valence-electron chi connectivity index (χ4n) is 1.90. The molecule has 0 radical (unpaired) electrons. The Bertz CT molecular complexity index is 146. The van der Waals surface area contributed by atoms with Crippen LogP contribution < -0.4 is 0 Å². The van der Waals surface area contributed by atoms with Crippen LogP contribution in [0, 0.1) is 5.92 Å². The van der Waals surface area contributed by atoms with Crippen molar-refractivity contribution in [2.45, 2.75) is 44.8 Å². The molecule has 2 nitrogen and oxygen atoms in total. The first-order valence-electron chi connectivity index (χ1n) is 4.68. The summed E-state index contributed by atoms with van der Waals surface area (Å²) in [6.45, 7) is 5.19. The second-order valence-electron chi connectivity index (χ2n) is 3.67. The molecule has 1 rings (SSSR count). The molecule has 2 heteroatoms. The fourth-order valence-corrected chi connectivity index (χ4v) is 1.90. The largest absolute Gasteiger partial charge is 0.471 e. The number of rotatable bonds is 3. The number of hydrogen-bond donors (Lipinski definition) is 1. The molecule has 0 bridgehead atoms. The van der Waals surface area contributed by atoms with Gasteiger partial charge in [0.2, 0.25) is 5.79 Å². The second kappa shape index (κ2) is 3.94. The maximum Gasteiger partial charge on any atom is 0.207 e. The topological polar surface area (TPSA) is 29.5 Å². The van der Waals surface area contributed by atoms with Crippen molar-refractivity contribution in [2.24, 2.45) is 5.92 Å². The molecule has 0 aromatic carbocycles. The molecule has 70 valence electrons. The van der Waals surface area contributed by atoms with E-state index in [4.69, 9.17) is 4.74 Å². The van der Waals surface area contributed by atoms with Crippen LogP contribution in [0.3, 0.4) is 0 Å². The van der Waals surface area contributed by atoms with Gasteiger partial charge in [-0.1, -0.05) is 25.8 Å². The van der Waals surface area contributed by atoms with Crippen LogP contribution in [-0.2, 0) is 4.74 Å². The minimum absolute atomic E-state index is 0.282. The van der Waals surface area contributed by atoms with E-state index in [1.807, 2.05) is 0 Å². The van der Waals surface area contributed by atoms with E-state index in [-0.39, 0.29) is 5.92 Å². The highest BCUT2D eigenvalue weighted by Crippen LogP contribution is 2.33. The molecule has 0 aromatic rings. The first-order valence-corrected chi connectivity index (χ1v) is 4.68. The molecule has 1 saturated carbocycles. The number of ether oxygens (including phenoxy) is 1. The molecule has 1 aliphatic carbocycles. The molecule has 0 aliphatic heterocycles. The van der Waals surface area contributed by atoms with E-state index in [0.717, 1.165) is 12.8 Å². The molecular formula is C10H18O2. The van der Waals surface area contributed by atoms with E-state index >= 15 is 0 Å². The number of aliphatic hydroxyl groups is 1. The smallest absolute Gasteiger partial charge is 0.207 e. The van der Waals surface area contributed by atoms with Gasteiger partial charge in [0, 0.05) is 12.8 Å². The van der Waals surface area contributed by atoms with Crippen molar-refractivity contribution in [3.63, 3.8) is 0 Å². The fraction of sp³-hybridized carbons (Fsp3) is 0.800. The highest BCUT2D eigenvalue weighted by atomic mass is 16.6. The summed E-state index contributed by atoms with van der Waals surface area (Å²) in [7, 11) is 0. The van der Waals surface area contributed by atoms with Crippen molar-refractivity contribution < 1.29 is 9.84 Å². The van der Waals surface area contributed by atoms with Crippen LogP contribution in [0.5, 0.6) is 0 Å². The van der Waals surface area contributed by atoms with E-state index in [1.165, 1.54) is 25.5 Å². The first-order chi connectivity index (χ1) is 5.67. The lowest BCUT2D eigenvalue weighted by molar-refractivity contribution is -0.196. The molecule has 0 saturated heterocycles. The Balaban J connectivity index is 2.47. The molecule has 1 fully saturated rings. The second-order valence-corrected chi connectivity index (χ2v) is 3.67. The first kappa shape index (κ1) is 9.59. The summed E-state index contributed by atoms with van der Waals surface area (Å²) in [6.07, 6.45) is 7.18. The van der Waals surface area contributed by atoms with Gasteiger partial charge in [-0.05, 0) is 12.8 Å². The number of hydrogen-bond acceptors (Lipinski definition) is 2. The van der Waals surface area contributed by atoms with Gasteiger partial charge in [-0.25, -0.2) is 0 Å². The quantitative estimate of drug-likeness (QED) is 0.520. The predicted molar refractivity (Wildman–Crippen MR) is 48.5 cm³/mol. The van der Waals surface area contributed by atoms with Gasteiger partial charge in [-0.15, -0.1) is 0 Å². The highest BCUT2D eigenvalue weighted by molar-refractivity contribution is 4.78. The maximum absolute atomic E-state index is 9.85. The van der Waals surface area contributed by atoms with Crippen molar-refractivity contribution >= 4 is 0 Å². The average molecular weight is 170 g/mol. The molecule has 0 aromatic heterocycles. The molecule has 0 heterocycles. The van der Waals surface area contributed by atoms with Crippen molar-refractivity contribution in [1.29, 1.82) is 0 Å². The van der Waals surface area contributed by atoms with Crippen LogP contribution in [0.25, 0.3) is 0 Å². The van der Waals surface area contributed by atoms with E-state index < -0.39 is 5.79 Å². The molecule has 1 unspecified atom stereocenters. The van der Waals surface area contributed by atoms with E-state index in [2.05, 4.69) is 6.58 Å². The molecular weight excluding hydrogens is 152 g/mol. The van der Waals surface area contributed by atoms with Gasteiger partial charge in [-0.2, -0.15) is 0 Å². The van der Waals surface area contributed by atoms with Crippen LogP contribution in [-0.4, -0.2) is 10.9 Å². The summed E-state index contributed by atoms with van der Waals surface area (Å²) in [6, 6.07) is 0. The van der Waals surface area contributed by atoms with Gasteiger partial charge in [0.15, 0.2) is 0 Å². The van der Waals surface area contributed by atoms with Gasteiger partial charge in [-0.3, -0.25) is 0 Å². The lowest BCUT2D eigenvalue weighted by Crippen LogP contribution is -2.37. The lowest BCUT2D eigenvalue weighted by Gasteiger charge is -2.34. The Morgan fingerprint density at radius 1 is 1.42 bits per heavy atom. The van der Waals surface area contributed by atoms with Crippen LogP contribution >= 0.6 is 0 Å². The van der Waals surface area contributed by atoms with Gasteiger partial charge in [0.05, 0.1) is 6.26 Å². The van der Waals surface area contributed by atoms with Crippen LogP contribution in [0.15, 0.2) is 12.8 Å². The standard InChI is InChI=1S/C10H18O2/c1-3-12-10(2,11)9-7-5-4-6-8-9/h3,9,11H,1,4-8H2,2H3. The van der Waals surface area contributed by atoms with Gasteiger partial charge >= 0.3 is 0 Å². The van der Waals surface area contributed by atoms with Gasteiger partial charge in [0.1, 0.15) is 0 Å². The monoisotopic (exact) mass is 170 g/mol. The zero-order chi connectivity index (χ0) is 9.03. The van der Waals surface area contributed by atoms with Gasteiger partial charge in [0.25, 0.3) is 0 Å². The lowest BCUT2D eigenvalue weighted by atomic mass is 9.84. The summed E-state index contributed by atoms with van der Waals surface area (Å²) < 4.78 is 5.09. The third-order valence-electron chi connectivity index (χ3n) is 2.68. The molecule has 12 heavy (non-hydrogen) atoms. The van der Waals surface area contributed by atoms with E-state index in [1.54, 1.807) is 6.92 Å². The van der Waals surface area contributed by atoms with Crippen LogP contribution in [0.2, 0.25) is 0 Å². The minimum atomic E-state index is -0.998. The molecule has 0 spiro atoms. The molecule has 1 atom stereocenters. The Labute approximate surface area is 74.2 Å². The van der Waals surface area contributed by atoms with Crippen molar-refractivity contribution in [1.82, 2.24) is 0 Å². The summed E-state index contributed by atoms with van der Waals surface area (Å²) in [5, 5.41) is 9.85. The third kappa shape index (κ3) is 2.24. The molecule has 1 N–H and O–H groups in total. The normalized spacial score (nSPS) is 24.5. The summed E-state index contributed by atoms with van der Waals surface area (Å²) in [4.78, 5) is 0. The Kier molecular flexibility index (Phi) is 3.15. The van der Waals surface area contributed by atoms with Crippen LogP contribution in [0.1, 0.15) is 39.0 Å². The highest BCUT2D eigenvalue weighted by Gasteiger charge is 2.33. The van der Waals surface area contributed by atoms with Crippen molar-refractivity contribution in [2.75, 3.05) is 0 Å². The van der Waals surface area contributed by atoms with Crippen LogP contribution in [0.4, 0.5) is 0 Å². The van der Waals surface area contributed by atoms with Crippen molar-refractivity contribution in [3.05, 3.63) is 12.8 Å². The zero-order valence-corrected chi connectivity index (χ0v) is 7.75. The Morgan fingerprint density at radius 3 is 2.50 bits per heavy atom. The van der Waals surface area contributed by atoms with Gasteiger partial charge < -0.3 is 9.84 Å². The predicted octanol–water partition coefficient (Wildman–Crippen LogP) is 2.44. The zero-order valence-electron chi connectivity index (χ0n) is 7.75. The Morgan fingerprint density at radius 2 is 2.00 bits per heavy atom. The molecule has 0 amide bonds. The summed E-state index contributed by atoms with van der Waals surface area (Å²) >= 11 is 0. The van der Waals surface area contributed by atoms with Crippen molar-refractivity contribution in [3.8, 4) is 0 Å². The summed E-state index contributed by atoms with van der Waals surface area (Å²) in [5.74, 6) is -0.716. The van der Waals surface area contributed by atoms with E-state index in [9.17, 15) is 5.11 Å². The SMILES string of the molecule is C=COC(C)(O)C1CCCCC1. The van der Waals surface area contributed by atoms with E-state index in [0.29, 0.717) is 0 Å². The average Bonchev–Trinajstić information content (AvgIpc) is 2.06. The molecule has 1 aliphatic rings. The third-order valence-corrected chi connectivity index (χ3v) is 2.68. The summed E-state index contributed by atoms with van der Waals surface area (Å²) in [5.41, 5.74) is 0. The Hall–Kier alpha value is -0.500. The maximum atomic E-state index is 9.85.